The van der Waals surface area contributed by atoms with Crippen molar-refractivity contribution in [1.29, 1.82) is 0 Å². The van der Waals surface area contributed by atoms with Crippen molar-refractivity contribution in [1.82, 2.24) is 14.8 Å². The predicted molar refractivity (Wildman–Crippen MR) is 112 cm³/mol. The maximum atomic E-state index is 13.9. The molecular formula is C24H27F3N4O. The van der Waals surface area contributed by atoms with Crippen molar-refractivity contribution in [3.8, 4) is 0 Å². The molecule has 170 valence electrons. The number of pyridine rings is 1. The number of carbonyl (C=O) groups is 1. The van der Waals surface area contributed by atoms with Gasteiger partial charge in [-0.1, -0.05) is 6.07 Å². The van der Waals surface area contributed by atoms with Gasteiger partial charge in [-0.15, -0.1) is 0 Å². The van der Waals surface area contributed by atoms with Crippen LogP contribution in [0, 0.1) is 23.2 Å². The third-order valence-electron chi connectivity index (χ3n) is 8.33. The SMILES string of the molecule is O=C(CC12CC3CC(CC(C3)C1)C2)c1cnn2c1NC(c1cccnc1)CC2C(F)(F)F. The summed E-state index contributed by atoms with van der Waals surface area (Å²) < 4.78 is 42.7. The number of ketones is 1. The topological polar surface area (TPSA) is 59.8 Å². The number of alkyl halides is 3. The molecule has 5 aliphatic rings. The van der Waals surface area contributed by atoms with Gasteiger partial charge < -0.3 is 5.32 Å². The first-order valence-electron chi connectivity index (χ1n) is 11.6. The number of fused-ring (bicyclic) bond motifs is 1. The Hall–Kier alpha value is -2.38. The zero-order chi connectivity index (χ0) is 22.1. The van der Waals surface area contributed by atoms with Crippen LogP contribution in [0.25, 0.3) is 0 Å². The number of nitrogens with zero attached hydrogens (tertiary/aromatic N) is 3. The van der Waals surface area contributed by atoms with E-state index in [9.17, 15) is 18.0 Å². The Morgan fingerprint density at radius 3 is 2.38 bits per heavy atom. The average Bonchev–Trinajstić information content (AvgIpc) is 3.15. The van der Waals surface area contributed by atoms with Crippen LogP contribution in [0.4, 0.5) is 19.0 Å². The smallest absolute Gasteiger partial charge is 0.363 e. The summed E-state index contributed by atoms with van der Waals surface area (Å²) in [6.45, 7) is 0. The summed E-state index contributed by atoms with van der Waals surface area (Å²) in [6.07, 6.45) is 7.43. The lowest BCUT2D eigenvalue weighted by molar-refractivity contribution is -0.173. The van der Waals surface area contributed by atoms with E-state index in [0.717, 1.165) is 41.7 Å². The summed E-state index contributed by atoms with van der Waals surface area (Å²) in [6, 6.07) is 1.13. The molecule has 7 rings (SSSR count). The number of Topliss-reactive ketones (excluding diaryl/α,β-unsaturated/α-hetero) is 1. The summed E-state index contributed by atoms with van der Waals surface area (Å²) in [5.74, 6) is 2.28. The van der Waals surface area contributed by atoms with E-state index in [4.69, 9.17) is 0 Å². The standard InChI is InChI=1S/C24H27F3N4O/c25-24(26,27)21-7-19(17-2-1-3-28-12-17)30-22-18(13-29-31(21)22)20(32)11-23-8-14-4-15(9-23)6-16(5-14)10-23/h1-3,12-16,19,21,30H,4-11H2. The van der Waals surface area contributed by atoms with Gasteiger partial charge in [-0.3, -0.25) is 9.78 Å². The summed E-state index contributed by atoms with van der Waals surface area (Å²) in [5, 5.41) is 7.24. The lowest BCUT2D eigenvalue weighted by atomic mass is 9.48. The molecule has 2 aromatic heterocycles. The van der Waals surface area contributed by atoms with Crippen LogP contribution in [0.1, 0.15) is 79.4 Å². The van der Waals surface area contributed by atoms with E-state index < -0.39 is 18.3 Å². The summed E-state index contributed by atoms with van der Waals surface area (Å²) in [4.78, 5) is 17.5. The average molecular weight is 445 g/mol. The van der Waals surface area contributed by atoms with E-state index in [1.807, 2.05) is 0 Å². The van der Waals surface area contributed by atoms with Gasteiger partial charge in [0, 0.05) is 25.2 Å². The molecule has 1 aliphatic heterocycles. The molecule has 1 N–H and O–H groups in total. The first-order chi connectivity index (χ1) is 15.3. The van der Waals surface area contributed by atoms with Crippen LogP contribution >= 0.6 is 0 Å². The molecule has 4 bridgehead atoms. The van der Waals surface area contributed by atoms with Crippen molar-refractivity contribution in [2.75, 3.05) is 5.32 Å². The lowest BCUT2D eigenvalue weighted by Crippen LogP contribution is -2.46. The fourth-order valence-corrected chi connectivity index (χ4v) is 7.51. The number of carbonyl (C=O) groups excluding carboxylic acids is 1. The molecule has 32 heavy (non-hydrogen) atoms. The number of nitrogens with one attached hydrogen (secondary N) is 1. The van der Waals surface area contributed by atoms with Gasteiger partial charge >= 0.3 is 6.18 Å². The van der Waals surface area contributed by atoms with Gasteiger partial charge in [-0.05, 0) is 73.3 Å². The van der Waals surface area contributed by atoms with Gasteiger partial charge in [-0.2, -0.15) is 18.3 Å². The largest absolute Gasteiger partial charge is 0.410 e. The molecule has 0 aromatic carbocycles. The van der Waals surface area contributed by atoms with E-state index in [1.165, 1.54) is 25.5 Å². The Labute approximate surface area is 184 Å². The molecule has 4 saturated carbocycles. The summed E-state index contributed by atoms with van der Waals surface area (Å²) in [5.41, 5.74) is 0.999. The maximum absolute atomic E-state index is 13.9. The third kappa shape index (κ3) is 3.33. The van der Waals surface area contributed by atoms with Crippen LogP contribution in [-0.2, 0) is 0 Å². The fourth-order valence-electron chi connectivity index (χ4n) is 7.51. The summed E-state index contributed by atoms with van der Waals surface area (Å²) in [7, 11) is 0. The number of rotatable bonds is 4. The maximum Gasteiger partial charge on any atom is 0.410 e. The highest BCUT2D eigenvalue weighted by Gasteiger charge is 2.52. The Balaban J connectivity index is 1.31. The molecule has 2 atom stereocenters. The molecule has 0 amide bonds. The van der Waals surface area contributed by atoms with Gasteiger partial charge in [-0.25, -0.2) is 4.68 Å². The van der Waals surface area contributed by atoms with Gasteiger partial charge in [0.1, 0.15) is 5.82 Å². The van der Waals surface area contributed by atoms with Crippen LogP contribution in [0.5, 0.6) is 0 Å². The number of aromatic nitrogens is 3. The minimum atomic E-state index is -4.45. The number of halogens is 3. The second-order valence-corrected chi connectivity index (χ2v) is 10.6. The quantitative estimate of drug-likeness (QED) is 0.612. The van der Waals surface area contributed by atoms with Crippen molar-refractivity contribution in [2.45, 2.75) is 69.6 Å². The highest BCUT2D eigenvalue weighted by molar-refractivity contribution is 6.01. The highest BCUT2D eigenvalue weighted by atomic mass is 19.4. The second-order valence-electron chi connectivity index (χ2n) is 10.6. The number of hydrogen-bond acceptors (Lipinski definition) is 4. The molecule has 4 fully saturated rings. The number of hydrogen-bond donors (Lipinski definition) is 1. The minimum Gasteiger partial charge on any atom is -0.363 e. The van der Waals surface area contributed by atoms with Crippen molar-refractivity contribution in [3.63, 3.8) is 0 Å². The van der Waals surface area contributed by atoms with Crippen molar-refractivity contribution in [3.05, 3.63) is 41.9 Å². The normalized spacial score (nSPS) is 35.4. The zero-order valence-corrected chi connectivity index (χ0v) is 17.8. The Morgan fingerprint density at radius 1 is 1.09 bits per heavy atom. The predicted octanol–water partition coefficient (Wildman–Crippen LogP) is 5.73. The van der Waals surface area contributed by atoms with E-state index in [1.54, 1.807) is 24.5 Å². The van der Waals surface area contributed by atoms with Gasteiger partial charge in [0.05, 0.1) is 17.8 Å². The molecule has 5 nitrogen and oxygen atoms in total. The van der Waals surface area contributed by atoms with Gasteiger partial charge in [0.2, 0.25) is 0 Å². The molecule has 3 heterocycles. The van der Waals surface area contributed by atoms with Gasteiger partial charge in [0.15, 0.2) is 11.8 Å². The molecule has 2 aromatic rings. The molecule has 8 heteroatoms. The number of anilines is 1. The fraction of sp³-hybridized carbons (Fsp3) is 0.625. The molecule has 4 aliphatic carbocycles. The van der Waals surface area contributed by atoms with Crippen molar-refractivity contribution in [2.24, 2.45) is 23.2 Å². The summed E-state index contributed by atoms with van der Waals surface area (Å²) >= 11 is 0. The Morgan fingerprint density at radius 2 is 1.78 bits per heavy atom. The van der Waals surface area contributed by atoms with Crippen molar-refractivity contribution >= 4 is 11.6 Å². The Bertz CT molecular complexity index is 996. The van der Waals surface area contributed by atoms with Gasteiger partial charge in [0.25, 0.3) is 0 Å². The highest BCUT2D eigenvalue weighted by Crippen LogP contribution is 2.61. The molecular weight excluding hydrogens is 417 g/mol. The molecule has 0 radical (unpaired) electrons. The minimum absolute atomic E-state index is 0.0293. The lowest BCUT2D eigenvalue weighted by Gasteiger charge is -2.56. The zero-order valence-electron chi connectivity index (χ0n) is 17.8. The van der Waals surface area contributed by atoms with Crippen LogP contribution < -0.4 is 5.32 Å². The van der Waals surface area contributed by atoms with E-state index in [-0.39, 0.29) is 23.4 Å². The monoisotopic (exact) mass is 444 g/mol. The third-order valence-corrected chi connectivity index (χ3v) is 8.33. The van der Waals surface area contributed by atoms with Crippen LogP contribution in [-0.4, -0.2) is 26.7 Å². The Kier molecular flexibility index (Phi) is 4.46. The van der Waals surface area contributed by atoms with Crippen LogP contribution in [0.3, 0.4) is 0 Å². The van der Waals surface area contributed by atoms with E-state index >= 15 is 0 Å². The first kappa shape index (κ1) is 20.2. The molecule has 0 saturated heterocycles. The van der Waals surface area contributed by atoms with Crippen LogP contribution in [0.15, 0.2) is 30.7 Å². The van der Waals surface area contributed by atoms with E-state index in [0.29, 0.717) is 17.5 Å². The van der Waals surface area contributed by atoms with Crippen LogP contribution in [0.2, 0.25) is 0 Å². The van der Waals surface area contributed by atoms with Crippen molar-refractivity contribution < 1.29 is 18.0 Å². The molecule has 0 spiro atoms. The second kappa shape index (κ2) is 7.06. The first-order valence-corrected chi connectivity index (χ1v) is 11.6. The molecule has 2 unspecified atom stereocenters. The van der Waals surface area contributed by atoms with E-state index in [2.05, 4.69) is 15.4 Å².